The summed E-state index contributed by atoms with van der Waals surface area (Å²) >= 11 is 6.52. The first-order valence-corrected chi connectivity index (χ1v) is 12.6. The molecule has 0 atom stereocenters. The van der Waals surface area contributed by atoms with E-state index in [0.717, 1.165) is 24.3 Å². The predicted octanol–water partition coefficient (Wildman–Crippen LogP) is 4.40. The minimum Gasteiger partial charge on any atom is -0.464 e. The molecule has 4 aromatic rings. The average molecular weight is 532 g/mol. The van der Waals surface area contributed by atoms with Crippen molar-refractivity contribution in [1.82, 2.24) is 10.3 Å². The van der Waals surface area contributed by atoms with Crippen molar-refractivity contribution in [2.24, 2.45) is 0 Å². The van der Waals surface area contributed by atoms with E-state index in [-0.39, 0.29) is 23.7 Å². The summed E-state index contributed by atoms with van der Waals surface area (Å²) < 4.78 is 10.3. The lowest BCUT2D eigenvalue weighted by Gasteiger charge is -2.28. The molecule has 5 rings (SSSR count). The van der Waals surface area contributed by atoms with Crippen molar-refractivity contribution >= 4 is 40.1 Å². The van der Waals surface area contributed by atoms with E-state index in [1.807, 2.05) is 42.5 Å². The van der Waals surface area contributed by atoms with Gasteiger partial charge in [-0.3, -0.25) is 9.59 Å². The maximum absolute atomic E-state index is 13.6. The number of nitrogens with one attached hydrogen (secondary N) is 2. The molecule has 8 nitrogen and oxygen atoms in total. The zero-order chi connectivity index (χ0) is 26.6. The number of hydrogen-bond acceptors (Lipinski definition) is 6. The zero-order valence-electron chi connectivity index (χ0n) is 20.8. The van der Waals surface area contributed by atoms with E-state index in [4.69, 9.17) is 21.1 Å². The first-order valence-electron chi connectivity index (χ1n) is 12.2. The van der Waals surface area contributed by atoms with Crippen LogP contribution in [0.1, 0.15) is 26.4 Å². The van der Waals surface area contributed by atoms with E-state index in [1.54, 1.807) is 24.3 Å². The fourth-order valence-electron chi connectivity index (χ4n) is 4.62. The van der Waals surface area contributed by atoms with Gasteiger partial charge in [0, 0.05) is 41.8 Å². The standard InChI is InChI=1S/C29H26ClN3O5/c1-37-29(36)26-22(17-31-28(35)19-7-9-20(10-8-19)33-13-15-38-16-14-33)27(34)21-11-12-23(30)24(25(21)32-26)18-5-3-2-4-6-18/h2-12H,13-17H2,1H3,(H,31,35)(H,32,34). The maximum atomic E-state index is 13.6. The molecule has 2 N–H and O–H groups in total. The molecule has 1 saturated heterocycles. The number of carbonyl (C=O) groups is 2. The number of benzene rings is 3. The number of fused-ring (bicyclic) bond motifs is 1. The minimum atomic E-state index is -0.720. The van der Waals surface area contributed by atoms with Crippen molar-refractivity contribution in [1.29, 1.82) is 0 Å². The summed E-state index contributed by atoms with van der Waals surface area (Å²) in [6.07, 6.45) is 0. The van der Waals surface area contributed by atoms with Gasteiger partial charge >= 0.3 is 5.97 Å². The number of methoxy groups -OCH3 is 1. The first-order chi connectivity index (χ1) is 18.5. The second kappa shape index (κ2) is 11.1. The molecule has 0 spiro atoms. The number of aromatic nitrogens is 1. The van der Waals surface area contributed by atoms with E-state index in [2.05, 4.69) is 15.2 Å². The third-order valence-corrected chi connectivity index (χ3v) is 6.92. The molecular formula is C29H26ClN3O5. The molecule has 1 aromatic heterocycles. The van der Waals surface area contributed by atoms with Crippen LogP contribution < -0.4 is 15.6 Å². The monoisotopic (exact) mass is 531 g/mol. The lowest BCUT2D eigenvalue weighted by Crippen LogP contribution is -2.36. The highest BCUT2D eigenvalue weighted by atomic mass is 35.5. The van der Waals surface area contributed by atoms with Crippen molar-refractivity contribution in [3.8, 4) is 11.1 Å². The number of carbonyl (C=O) groups excluding carboxylic acids is 2. The molecule has 0 unspecified atom stereocenters. The lowest BCUT2D eigenvalue weighted by atomic mass is 9.99. The number of esters is 1. The summed E-state index contributed by atoms with van der Waals surface area (Å²) in [5, 5.41) is 3.55. The van der Waals surface area contributed by atoms with Gasteiger partial charge in [0.05, 0.1) is 36.4 Å². The molecular weight excluding hydrogens is 506 g/mol. The number of aromatic amines is 1. The Morgan fingerprint density at radius 1 is 1.03 bits per heavy atom. The van der Waals surface area contributed by atoms with Crippen LogP contribution in [0.4, 0.5) is 5.69 Å². The number of H-pyrrole nitrogens is 1. The third kappa shape index (κ3) is 5.01. The number of amides is 1. The number of morpholine rings is 1. The van der Waals surface area contributed by atoms with Crippen LogP contribution in [0.3, 0.4) is 0 Å². The summed E-state index contributed by atoms with van der Waals surface area (Å²) in [4.78, 5) is 44.5. The Morgan fingerprint density at radius 2 is 1.74 bits per heavy atom. The van der Waals surface area contributed by atoms with Gasteiger partial charge in [0.2, 0.25) is 0 Å². The van der Waals surface area contributed by atoms with Gasteiger partial charge in [-0.25, -0.2) is 4.79 Å². The number of pyridine rings is 1. The summed E-state index contributed by atoms with van der Waals surface area (Å²) in [5.41, 5.74) is 2.93. The Kier molecular flexibility index (Phi) is 7.44. The van der Waals surface area contributed by atoms with Crippen LogP contribution in [-0.2, 0) is 16.0 Å². The van der Waals surface area contributed by atoms with Gasteiger partial charge < -0.3 is 24.7 Å². The Bertz CT molecular complexity index is 1550. The summed E-state index contributed by atoms with van der Waals surface area (Å²) in [6, 6.07) is 19.8. The van der Waals surface area contributed by atoms with E-state index in [9.17, 15) is 14.4 Å². The molecule has 1 aliphatic heterocycles. The van der Waals surface area contributed by atoms with E-state index < -0.39 is 11.4 Å². The zero-order valence-corrected chi connectivity index (χ0v) is 21.5. The Labute approximate surface area is 224 Å². The van der Waals surface area contributed by atoms with Gasteiger partial charge in [0.1, 0.15) is 5.69 Å². The summed E-state index contributed by atoms with van der Waals surface area (Å²) in [6.45, 7) is 2.77. The highest BCUT2D eigenvalue weighted by Gasteiger charge is 2.22. The smallest absolute Gasteiger partial charge is 0.354 e. The van der Waals surface area contributed by atoms with E-state index in [0.29, 0.717) is 40.3 Å². The highest BCUT2D eigenvalue weighted by molar-refractivity contribution is 6.35. The van der Waals surface area contributed by atoms with E-state index >= 15 is 0 Å². The molecule has 38 heavy (non-hydrogen) atoms. The molecule has 9 heteroatoms. The molecule has 0 saturated carbocycles. The second-order valence-electron chi connectivity index (χ2n) is 8.84. The minimum absolute atomic E-state index is 0.0348. The molecule has 3 aromatic carbocycles. The Hall–Kier alpha value is -4.14. The number of rotatable bonds is 6. The first kappa shape index (κ1) is 25.5. The van der Waals surface area contributed by atoms with Crippen molar-refractivity contribution in [2.75, 3.05) is 38.3 Å². The highest BCUT2D eigenvalue weighted by Crippen LogP contribution is 2.33. The van der Waals surface area contributed by atoms with Gasteiger partial charge in [-0.2, -0.15) is 0 Å². The molecule has 0 radical (unpaired) electrons. The third-order valence-electron chi connectivity index (χ3n) is 6.61. The largest absolute Gasteiger partial charge is 0.464 e. The number of anilines is 1. The molecule has 1 fully saturated rings. The normalized spacial score (nSPS) is 13.4. The molecule has 1 aliphatic rings. The van der Waals surface area contributed by atoms with Crippen LogP contribution >= 0.6 is 11.6 Å². The van der Waals surface area contributed by atoms with Gasteiger partial charge in [-0.1, -0.05) is 41.9 Å². The Morgan fingerprint density at radius 3 is 2.42 bits per heavy atom. The Balaban J connectivity index is 1.47. The number of nitrogens with zero attached hydrogens (tertiary/aromatic N) is 1. The van der Waals surface area contributed by atoms with Crippen LogP contribution in [0.5, 0.6) is 0 Å². The van der Waals surface area contributed by atoms with Crippen LogP contribution in [0.2, 0.25) is 5.02 Å². The topological polar surface area (TPSA) is 101 Å². The fourth-order valence-corrected chi connectivity index (χ4v) is 4.89. The van der Waals surface area contributed by atoms with Gasteiger partial charge in [0.25, 0.3) is 5.91 Å². The van der Waals surface area contributed by atoms with Gasteiger partial charge in [-0.15, -0.1) is 0 Å². The van der Waals surface area contributed by atoms with Crippen molar-refractivity contribution in [3.63, 3.8) is 0 Å². The van der Waals surface area contributed by atoms with E-state index in [1.165, 1.54) is 7.11 Å². The van der Waals surface area contributed by atoms with Gasteiger partial charge in [-0.05, 0) is 42.0 Å². The van der Waals surface area contributed by atoms with Crippen molar-refractivity contribution in [3.05, 3.63) is 98.8 Å². The quantitative estimate of drug-likeness (QED) is 0.358. The molecule has 0 bridgehead atoms. The number of hydrogen-bond donors (Lipinski definition) is 2. The average Bonchev–Trinajstić information content (AvgIpc) is 2.96. The fraction of sp³-hybridized carbons (Fsp3) is 0.207. The molecule has 0 aliphatic carbocycles. The second-order valence-corrected chi connectivity index (χ2v) is 9.25. The number of halogens is 1. The number of ether oxygens (including phenoxy) is 2. The van der Waals surface area contributed by atoms with Crippen LogP contribution in [-0.4, -0.2) is 50.3 Å². The van der Waals surface area contributed by atoms with Crippen LogP contribution in [0, 0.1) is 0 Å². The summed E-state index contributed by atoms with van der Waals surface area (Å²) in [7, 11) is 1.24. The van der Waals surface area contributed by atoms with Crippen molar-refractivity contribution in [2.45, 2.75) is 6.54 Å². The maximum Gasteiger partial charge on any atom is 0.354 e. The molecule has 2 heterocycles. The van der Waals surface area contributed by atoms with Crippen LogP contribution in [0.25, 0.3) is 22.0 Å². The van der Waals surface area contributed by atoms with Crippen molar-refractivity contribution < 1.29 is 19.1 Å². The SMILES string of the molecule is COC(=O)c1[nH]c2c(-c3ccccc3)c(Cl)ccc2c(=O)c1CNC(=O)c1ccc(N2CCOCC2)cc1. The summed E-state index contributed by atoms with van der Waals surface area (Å²) in [5.74, 6) is -1.09. The lowest BCUT2D eigenvalue weighted by molar-refractivity contribution is 0.0592. The molecule has 194 valence electrons. The van der Waals surface area contributed by atoms with Gasteiger partial charge in [0.15, 0.2) is 5.43 Å². The predicted molar refractivity (Wildman–Crippen MR) is 147 cm³/mol. The van der Waals surface area contributed by atoms with Crippen LogP contribution in [0.15, 0.2) is 71.5 Å². The molecule has 1 amide bonds.